The van der Waals surface area contributed by atoms with Crippen molar-refractivity contribution in [1.82, 2.24) is 0 Å². The molecule has 8 rings (SSSR count). The van der Waals surface area contributed by atoms with Crippen molar-refractivity contribution in [3.8, 4) is 55.6 Å². The van der Waals surface area contributed by atoms with Crippen molar-refractivity contribution in [3.63, 3.8) is 0 Å². The van der Waals surface area contributed by atoms with Crippen molar-refractivity contribution in [2.45, 2.75) is 0 Å². The highest BCUT2D eigenvalue weighted by atomic mass is 14.2. The van der Waals surface area contributed by atoms with Crippen LogP contribution in [-0.4, -0.2) is 0 Å². The van der Waals surface area contributed by atoms with Gasteiger partial charge in [0.2, 0.25) is 0 Å². The average Bonchev–Trinajstić information content (AvgIpc) is 3.11. The van der Waals surface area contributed by atoms with E-state index in [0.717, 1.165) is 0 Å². The number of benzene rings is 8. The molecule has 0 saturated carbocycles. The summed E-state index contributed by atoms with van der Waals surface area (Å²) >= 11 is 0. The Morgan fingerprint density at radius 2 is 0.545 bits per heavy atom. The smallest absolute Gasteiger partial charge is 0.00261 e. The molecule has 44 heavy (non-hydrogen) atoms. The van der Waals surface area contributed by atoms with Gasteiger partial charge in [-0.3, -0.25) is 0 Å². The molecule has 0 saturated heterocycles. The Morgan fingerprint density at radius 3 is 1.14 bits per heavy atom. The SMILES string of the molecule is c1ccc(-c2ccc(-c3c4ccccc4c(-c4cccc(-c5ccccc5)c4)c4ccc(-c5ccccc5)cc34)cc2)cc1. The van der Waals surface area contributed by atoms with Crippen LogP contribution in [0.2, 0.25) is 0 Å². The molecule has 0 aliphatic heterocycles. The van der Waals surface area contributed by atoms with E-state index in [2.05, 4.69) is 182 Å². The van der Waals surface area contributed by atoms with Crippen LogP contribution in [0.1, 0.15) is 0 Å². The van der Waals surface area contributed by atoms with Gasteiger partial charge in [0.25, 0.3) is 0 Å². The van der Waals surface area contributed by atoms with Crippen LogP contribution in [0.4, 0.5) is 0 Å². The van der Waals surface area contributed by atoms with E-state index in [1.807, 2.05) is 0 Å². The summed E-state index contributed by atoms with van der Waals surface area (Å²) in [7, 11) is 0. The van der Waals surface area contributed by atoms with E-state index in [-0.39, 0.29) is 0 Å². The molecule has 8 aromatic rings. The van der Waals surface area contributed by atoms with Crippen molar-refractivity contribution < 1.29 is 0 Å². The zero-order chi connectivity index (χ0) is 29.3. The van der Waals surface area contributed by atoms with Gasteiger partial charge in [0, 0.05) is 0 Å². The second kappa shape index (κ2) is 11.2. The normalized spacial score (nSPS) is 11.2. The van der Waals surface area contributed by atoms with Crippen LogP contribution in [0.15, 0.2) is 182 Å². The molecule has 0 bridgehead atoms. The molecule has 0 atom stereocenters. The second-order valence-corrected chi connectivity index (χ2v) is 11.3. The fourth-order valence-corrected chi connectivity index (χ4v) is 6.56. The maximum absolute atomic E-state index is 2.39. The molecule has 0 aromatic heterocycles. The lowest BCUT2D eigenvalue weighted by Crippen LogP contribution is -1.92. The molecule has 0 radical (unpaired) electrons. The molecule has 0 heteroatoms. The number of fused-ring (bicyclic) bond motifs is 2. The van der Waals surface area contributed by atoms with E-state index in [4.69, 9.17) is 0 Å². The summed E-state index contributed by atoms with van der Waals surface area (Å²) in [4.78, 5) is 0. The number of rotatable bonds is 5. The predicted molar refractivity (Wildman–Crippen MR) is 189 cm³/mol. The van der Waals surface area contributed by atoms with Gasteiger partial charge in [-0.25, -0.2) is 0 Å². The van der Waals surface area contributed by atoms with Crippen molar-refractivity contribution in [2.24, 2.45) is 0 Å². The fraction of sp³-hybridized carbons (Fsp3) is 0. The minimum Gasteiger partial charge on any atom is -0.0622 e. The minimum absolute atomic E-state index is 1.22. The summed E-state index contributed by atoms with van der Waals surface area (Å²) in [5.41, 5.74) is 12.3. The third kappa shape index (κ3) is 4.68. The van der Waals surface area contributed by atoms with Gasteiger partial charge in [-0.05, 0) is 89.3 Å². The van der Waals surface area contributed by atoms with Crippen LogP contribution in [0.3, 0.4) is 0 Å². The average molecular weight is 559 g/mol. The molecule has 206 valence electrons. The highest BCUT2D eigenvalue weighted by Crippen LogP contribution is 2.45. The zero-order valence-electron chi connectivity index (χ0n) is 24.3. The Balaban J connectivity index is 1.41. The lowest BCUT2D eigenvalue weighted by Gasteiger charge is -2.19. The maximum Gasteiger partial charge on any atom is -0.00261 e. The van der Waals surface area contributed by atoms with Crippen LogP contribution in [0.5, 0.6) is 0 Å². The van der Waals surface area contributed by atoms with Gasteiger partial charge >= 0.3 is 0 Å². The van der Waals surface area contributed by atoms with E-state index in [1.165, 1.54) is 77.2 Å². The molecular weight excluding hydrogens is 528 g/mol. The summed E-state index contributed by atoms with van der Waals surface area (Å²) < 4.78 is 0. The van der Waals surface area contributed by atoms with E-state index >= 15 is 0 Å². The summed E-state index contributed by atoms with van der Waals surface area (Å²) in [6.07, 6.45) is 0. The Bertz CT molecular complexity index is 2230. The monoisotopic (exact) mass is 558 g/mol. The van der Waals surface area contributed by atoms with Crippen LogP contribution in [0, 0.1) is 0 Å². The first-order valence-corrected chi connectivity index (χ1v) is 15.2. The first-order valence-electron chi connectivity index (χ1n) is 15.2. The lowest BCUT2D eigenvalue weighted by atomic mass is 9.84. The van der Waals surface area contributed by atoms with E-state index in [0.29, 0.717) is 0 Å². The highest BCUT2D eigenvalue weighted by Gasteiger charge is 2.18. The van der Waals surface area contributed by atoms with Gasteiger partial charge in [0.1, 0.15) is 0 Å². The summed E-state index contributed by atoms with van der Waals surface area (Å²) in [5, 5.41) is 5.05. The van der Waals surface area contributed by atoms with Gasteiger partial charge in [-0.2, -0.15) is 0 Å². The minimum atomic E-state index is 1.22. The molecule has 0 spiro atoms. The zero-order valence-corrected chi connectivity index (χ0v) is 24.3. The number of hydrogen-bond acceptors (Lipinski definition) is 0. The standard InChI is InChI=1S/C44H30/c1-4-13-31(14-5-1)34-23-25-35(26-24-34)43-39-21-10-11-22-40(39)44(38-20-12-19-36(29-38)32-15-6-2-7-16-32)41-28-27-37(30-42(41)43)33-17-8-3-9-18-33/h1-30H. The fourth-order valence-electron chi connectivity index (χ4n) is 6.56. The Labute approximate surface area is 258 Å². The molecule has 8 aromatic carbocycles. The van der Waals surface area contributed by atoms with Gasteiger partial charge in [0.15, 0.2) is 0 Å². The van der Waals surface area contributed by atoms with Gasteiger partial charge in [0.05, 0.1) is 0 Å². The van der Waals surface area contributed by atoms with E-state index in [9.17, 15) is 0 Å². The molecule has 0 nitrogen and oxygen atoms in total. The quantitative estimate of drug-likeness (QED) is 0.184. The Morgan fingerprint density at radius 1 is 0.182 bits per heavy atom. The van der Waals surface area contributed by atoms with E-state index < -0.39 is 0 Å². The highest BCUT2D eigenvalue weighted by molar-refractivity contribution is 6.22. The Kier molecular flexibility index (Phi) is 6.59. The van der Waals surface area contributed by atoms with Crippen LogP contribution in [-0.2, 0) is 0 Å². The van der Waals surface area contributed by atoms with Crippen molar-refractivity contribution in [1.29, 1.82) is 0 Å². The second-order valence-electron chi connectivity index (χ2n) is 11.3. The predicted octanol–water partition coefficient (Wildman–Crippen LogP) is 12.3. The largest absolute Gasteiger partial charge is 0.0622 e. The summed E-state index contributed by atoms with van der Waals surface area (Å²) in [6, 6.07) is 65.9. The van der Waals surface area contributed by atoms with Crippen molar-refractivity contribution >= 4 is 21.5 Å². The van der Waals surface area contributed by atoms with Gasteiger partial charge in [-0.15, -0.1) is 0 Å². The molecule has 0 heterocycles. The first kappa shape index (κ1) is 25.9. The first-order chi connectivity index (χ1) is 21.8. The van der Waals surface area contributed by atoms with Crippen LogP contribution in [0.25, 0.3) is 77.2 Å². The van der Waals surface area contributed by atoms with Gasteiger partial charge in [-0.1, -0.05) is 170 Å². The van der Waals surface area contributed by atoms with Crippen LogP contribution >= 0.6 is 0 Å². The Hall–Kier alpha value is -5.72. The topological polar surface area (TPSA) is 0 Å². The number of hydrogen-bond donors (Lipinski definition) is 0. The third-order valence-electron chi connectivity index (χ3n) is 8.67. The van der Waals surface area contributed by atoms with E-state index in [1.54, 1.807) is 0 Å². The van der Waals surface area contributed by atoms with Crippen molar-refractivity contribution in [3.05, 3.63) is 182 Å². The van der Waals surface area contributed by atoms with Crippen LogP contribution < -0.4 is 0 Å². The lowest BCUT2D eigenvalue weighted by molar-refractivity contribution is 1.60. The molecule has 0 amide bonds. The molecule has 0 aliphatic carbocycles. The molecule has 0 unspecified atom stereocenters. The maximum atomic E-state index is 2.39. The van der Waals surface area contributed by atoms with Crippen molar-refractivity contribution in [2.75, 3.05) is 0 Å². The third-order valence-corrected chi connectivity index (χ3v) is 8.67. The summed E-state index contributed by atoms with van der Waals surface area (Å²) in [5.74, 6) is 0. The van der Waals surface area contributed by atoms with Gasteiger partial charge < -0.3 is 0 Å². The summed E-state index contributed by atoms with van der Waals surface area (Å²) in [6.45, 7) is 0. The molecule has 0 aliphatic rings. The molecular formula is C44H30. The molecule has 0 fully saturated rings. The molecule has 0 N–H and O–H groups in total.